The average Bonchev–Trinajstić information content (AvgIpc) is 2.59. The van der Waals surface area contributed by atoms with Crippen LogP contribution in [-0.2, 0) is 9.84 Å². The molecule has 0 amide bonds. The summed E-state index contributed by atoms with van der Waals surface area (Å²) in [5, 5.41) is 3.22. The van der Waals surface area contributed by atoms with Crippen LogP contribution in [0.3, 0.4) is 0 Å². The van der Waals surface area contributed by atoms with Crippen LogP contribution in [0.5, 0.6) is 0 Å². The van der Waals surface area contributed by atoms with Crippen LogP contribution in [0.2, 0.25) is 0 Å². The number of hydrogen-bond acceptors (Lipinski definition) is 4. The van der Waals surface area contributed by atoms with Crippen molar-refractivity contribution in [2.75, 3.05) is 25.5 Å². The molecule has 0 aliphatic carbocycles. The fraction of sp³-hybridized carbons (Fsp3) is 0.368. The maximum absolute atomic E-state index is 14.3. The lowest BCUT2D eigenvalue weighted by Crippen LogP contribution is -2.46. The molecule has 25 heavy (non-hydrogen) atoms. The van der Waals surface area contributed by atoms with Crippen molar-refractivity contribution in [1.82, 2.24) is 4.90 Å². The maximum atomic E-state index is 14.3. The van der Waals surface area contributed by atoms with E-state index in [4.69, 9.17) is 0 Å². The van der Waals surface area contributed by atoms with E-state index in [2.05, 4.69) is 5.32 Å². The maximum Gasteiger partial charge on any atom is 0.206 e. The van der Waals surface area contributed by atoms with E-state index in [1.165, 1.54) is 0 Å². The third-order valence-corrected chi connectivity index (χ3v) is 6.43. The molecule has 1 aliphatic heterocycles. The average molecular weight is 362 g/mol. The molecule has 4 nitrogen and oxygen atoms in total. The van der Waals surface area contributed by atoms with Gasteiger partial charge in [-0.15, -0.1) is 0 Å². The van der Waals surface area contributed by atoms with Gasteiger partial charge in [0.05, 0.1) is 15.8 Å². The minimum atomic E-state index is -3.58. The van der Waals surface area contributed by atoms with Gasteiger partial charge in [0.25, 0.3) is 0 Å². The Hall–Kier alpha value is -1.92. The van der Waals surface area contributed by atoms with Crippen molar-refractivity contribution in [3.05, 3.63) is 54.1 Å². The van der Waals surface area contributed by atoms with Gasteiger partial charge in [0.15, 0.2) is 0 Å². The molecule has 2 aromatic rings. The second-order valence-electron chi connectivity index (χ2n) is 6.61. The number of likely N-dealkylation sites (tertiary alicyclic amines) is 1. The number of alkyl halides is 1. The molecular formula is C19H23FN2O2S. The van der Waals surface area contributed by atoms with Crippen LogP contribution < -0.4 is 5.32 Å². The molecule has 2 unspecified atom stereocenters. The molecule has 0 spiro atoms. The van der Waals surface area contributed by atoms with Gasteiger partial charge in [0.2, 0.25) is 9.84 Å². The second-order valence-corrected chi connectivity index (χ2v) is 8.56. The van der Waals surface area contributed by atoms with Gasteiger partial charge >= 0.3 is 0 Å². The first kappa shape index (κ1) is 17.9. The van der Waals surface area contributed by atoms with E-state index in [9.17, 15) is 12.8 Å². The molecule has 134 valence electrons. The zero-order chi connectivity index (χ0) is 18.0. The van der Waals surface area contributed by atoms with Crippen molar-refractivity contribution in [2.45, 2.75) is 35.3 Å². The molecule has 0 bridgehead atoms. The monoisotopic (exact) mass is 362 g/mol. The van der Waals surface area contributed by atoms with E-state index in [0.717, 1.165) is 12.1 Å². The Morgan fingerprint density at radius 2 is 1.84 bits per heavy atom. The third-order valence-electron chi connectivity index (χ3n) is 4.66. The number of piperidine rings is 1. The Bertz CT molecular complexity index is 840. The van der Waals surface area contributed by atoms with Gasteiger partial charge in [0.1, 0.15) is 6.17 Å². The third kappa shape index (κ3) is 3.85. The second kappa shape index (κ2) is 7.14. The number of nitrogens with one attached hydrogen (secondary N) is 1. The molecule has 1 heterocycles. The Labute approximate surface area is 148 Å². The van der Waals surface area contributed by atoms with Crippen molar-refractivity contribution in [1.29, 1.82) is 0 Å². The number of sulfone groups is 1. The van der Waals surface area contributed by atoms with Gasteiger partial charge in [-0.05, 0) is 50.2 Å². The van der Waals surface area contributed by atoms with E-state index >= 15 is 0 Å². The van der Waals surface area contributed by atoms with Crippen molar-refractivity contribution >= 4 is 15.5 Å². The highest BCUT2D eigenvalue weighted by atomic mass is 32.2. The van der Waals surface area contributed by atoms with Crippen LogP contribution >= 0.6 is 0 Å². The van der Waals surface area contributed by atoms with Gasteiger partial charge in [0, 0.05) is 18.8 Å². The normalized spacial score (nSPS) is 21.9. The van der Waals surface area contributed by atoms with Gasteiger partial charge in [-0.3, -0.25) is 0 Å². The van der Waals surface area contributed by atoms with E-state index < -0.39 is 16.0 Å². The van der Waals surface area contributed by atoms with Gasteiger partial charge in [-0.25, -0.2) is 12.8 Å². The quantitative estimate of drug-likeness (QED) is 0.907. The lowest BCUT2D eigenvalue weighted by Gasteiger charge is -2.33. The molecule has 6 heteroatoms. The summed E-state index contributed by atoms with van der Waals surface area (Å²) in [6, 6.07) is 13.0. The van der Waals surface area contributed by atoms with Crippen LogP contribution in [0.1, 0.15) is 12.0 Å². The fourth-order valence-electron chi connectivity index (χ4n) is 3.08. The molecule has 0 aromatic heterocycles. The summed E-state index contributed by atoms with van der Waals surface area (Å²) in [5.41, 5.74) is 1.58. The minimum absolute atomic E-state index is 0.218. The van der Waals surface area contributed by atoms with Gasteiger partial charge in [-0.1, -0.05) is 24.3 Å². The van der Waals surface area contributed by atoms with Crippen molar-refractivity contribution < 1.29 is 12.8 Å². The smallest absolute Gasteiger partial charge is 0.206 e. The molecule has 1 N–H and O–H groups in total. The summed E-state index contributed by atoms with van der Waals surface area (Å²) in [4.78, 5) is 2.44. The van der Waals surface area contributed by atoms with Crippen molar-refractivity contribution in [3.63, 3.8) is 0 Å². The summed E-state index contributed by atoms with van der Waals surface area (Å²) >= 11 is 0. The highest BCUT2D eigenvalue weighted by Crippen LogP contribution is 2.27. The molecule has 0 saturated carbocycles. The Morgan fingerprint density at radius 3 is 2.52 bits per heavy atom. The molecule has 1 aliphatic rings. The van der Waals surface area contributed by atoms with Crippen LogP contribution in [0.4, 0.5) is 10.1 Å². The van der Waals surface area contributed by atoms with Crippen LogP contribution in [0, 0.1) is 6.92 Å². The number of hydrogen-bond donors (Lipinski definition) is 1. The lowest BCUT2D eigenvalue weighted by atomic mass is 10.0. The van der Waals surface area contributed by atoms with E-state index in [1.54, 1.807) is 48.5 Å². The largest absolute Gasteiger partial charge is 0.379 e. The van der Waals surface area contributed by atoms with Crippen molar-refractivity contribution in [2.24, 2.45) is 0 Å². The molecule has 1 fully saturated rings. The van der Waals surface area contributed by atoms with Crippen LogP contribution in [0.25, 0.3) is 0 Å². The number of rotatable bonds is 4. The van der Waals surface area contributed by atoms with Gasteiger partial charge < -0.3 is 10.2 Å². The summed E-state index contributed by atoms with van der Waals surface area (Å²) in [5.74, 6) is 0. The van der Waals surface area contributed by atoms with E-state index in [1.807, 2.05) is 18.9 Å². The molecular weight excluding hydrogens is 339 g/mol. The fourth-order valence-corrected chi connectivity index (χ4v) is 4.39. The highest BCUT2D eigenvalue weighted by Gasteiger charge is 2.28. The van der Waals surface area contributed by atoms with Crippen LogP contribution in [-0.4, -0.2) is 45.7 Å². The Kier molecular flexibility index (Phi) is 5.11. The number of halogens is 1. The lowest BCUT2D eigenvalue weighted by molar-refractivity contribution is 0.149. The summed E-state index contributed by atoms with van der Waals surface area (Å²) in [6.45, 7) is 3.10. The SMILES string of the molecule is Cc1ccc(S(=O)(=O)c2ccccc2)cc1NC1CCN(C)CC1F. The van der Waals surface area contributed by atoms with E-state index in [0.29, 0.717) is 18.7 Å². The van der Waals surface area contributed by atoms with Crippen molar-refractivity contribution in [3.8, 4) is 0 Å². The zero-order valence-electron chi connectivity index (χ0n) is 14.4. The predicted octanol–water partition coefficient (Wildman–Crippen LogP) is 3.28. The first-order chi connectivity index (χ1) is 11.9. The van der Waals surface area contributed by atoms with Crippen LogP contribution in [0.15, 0.2) is 58.3 Å². The predicted molar refractivity (Wildman–Crippen MR) is 97.5 cm³/mol. The summed E-state index contributed by atoms with van der Waals surface area (Å²) < 4.78 is 39.9. The molecule has 0 radical (unpaired) electrons. The number of nitrogens with zero attached hydrogens (tertiary/aromatic N) is 1. The van der Waals surface area contributed by atoms with E-state index in [-0.39, 0.29) is 15.8 Å². The minimum Gasteiger partial charge on any atom is -0.379 e. The number of anilines is 1. The standard InChI is InChI=1S/C19H23FN2O2S/c1-14-8-9-16(25(23,24)15-6-4-3-5-7-15)12-19(14)21-18-10-11-22(2)13-17(18)20/h3-9,12,17-18,21H,10-11,13H2,1-2H3. The highest BCUT2D eigenvalue weighted by molar-refractivity contribution is 7.91. The molecule has 1 saturated heterocycles. The van der Waals surface area contributed by atoms with Gasteiger partial charge in [-0.2, -0.15) is 0 Å². The first-order valence-corrected chi connectivity index (χ1v) is 9.86. The first-order valence-electron chi connectivity index (χ1n) is 8.38. The summed E-state index contributed by atoms with van der Waals surface area (Å²) in [6.07, 6.45) is -0.292. The Morgan fingerprint density at radius 1 is 1.12 bits per heavy atom. The number of benzene rings is 2. The number of aryl methyl sites for hydroxylation is 1. The molecule has 2 aromatic carbocycles. The Balaban J connectivity index is 1.89. The summed E-state index contributed by atoms with van der Waals surface area (Å²) in [7, 11) is -1.68. The molecule has 2 atom stereocenters. The molecule has 3 rings (SSSR count). The topological polar surface area (TPSA) is 49.4 Å². The zero-order valence-corrected chi connectivity index (χ0v) is 15.3.